The molecule has 0 N–H and O–H groups in total. The molecule has 1 saturated heterocycles. The van der Waals surface area contributed by atoms with Gasteiger partial charge in [0.15, 0.2) is 0 Å². The molecule has 8 heteroatoms. The van der Waals surface area contributed by atoms with E-state index >= 15 is 0 Å². The molecule has 1 amide bonds. The van der Waals surface area contributed by atoms with Gasteiger partial charge in [-0.25, -0.2) is 0 Å². The van der Waals surface area contributed by atoms with Crippen molar-refractivity contribution in [3.63, 3.8) is 0 Å². The molecule has 0 bridgehead atoms. The van der Waals surface area contributed by atoms with Gasteiger partial charge in [0.25, 0.3) is 0 Å². The predicted octanol–water partition coefficient (Wildman–Crippen LogP) is 3.29. The first-order chi connectivity index (χ1) is 14.7. The Bertz CT molecular complexity index is 920. The molecule has 158 valence electrons. The van der Waals surface area contributed by atoms with Crippen molar-refractivity contribution >= 4 is 17.2 Å². The van der Waals surface area contributed by atoms with E-state index in [2.05, 4.69) is 26.1 Å². The van der Waals surface area contributed by atoms with Crippen LogP contribution in [0.3, 0.4) is 0 Å². The van der Waals surface area contributed by atoms with Gasteiger partial charge in [0.05, 0.1) is 0 Å². The van der Waals surface area contributed by atoms with E-state index in [-0.39, 0.29) is 5.91 Å². The Hall–Kier alpha value is -2.58. The van der Waals surface area contributed by atoms with Crippen LogP contribution in [-0.2, 0) is 17.6 Å². The third-order valence-corrected chi connectivity index (χ3v) is 6.39. The number of pyridine rings is 1. The minimum Gasteiger partial charge on any atom is -0.343 e. The summed E-state index contributed by atoms with van der Waals surface area (Å²) in [6, 6.07) is 8.31. The van der Waals surface area contributed by atoms with Crippen LogP contribution in [0.4, 0.5) is 0 Å². The molecule has 1 aliphatic rings. The van der Waals surface area contributed by atoms with E-state index in [1.807, 2.05) is 47.1 Å². The molecule has 1 fully saturated rings. The van der Waals surface area contributed by atoms with Crippen LogP contribution in [0.25, 0.3) is 11.4 Å². The summed E-state index contributed by atoms with van der Waals surface area (Å²) < 4.78 is 5.30. The van der Waals surface area contributed by atoms with Crippen molar-refractivity contribution in [2.24, 2.45) is 0 Å². The van der Waals surface area contributed by atoms with Gasteiger partial charge in [0.1, 0.15) is 0 Å². The maximum Gasteiger partial charge on any atom is 0.227 e. The summed E-state index contributed by atoms with van der Waals surface area (Å²) >= 11 is 1.59. The Balaban J connectivity index is 1.19. The van der Waals surface area contributed by atoms with E-state index in [1.165, 1.54) is 0 Å². The van der Waals surface area contributed by atoms with Crippen molar-refractivity contribution in [2.75, 3.05) is 26.7 Å². The van der Waals surface area contributed by atoms with Gasteiger partial charge in [-0.05, 0) is 36.4 Å². The van der Waals surface area contributed by atoms with Gasteiger partial charge in [-0.15, -0.1) is 0 Å². The summed E-state index contributed by atoms with van der Waals surface area (Å²) in [5.74, 6) is 1.24. The normalized spacial score (nSPS) is 15.4. The fourth-order valence-electron chi connectivity index (χ4n) is 3.81. The summed E-state index contributed by atoms with van der Waals surface area (Å²) in [5.41, 5.74) is 2.09. The van der Waals surface area contributed by atoms with Gasteiger partial charge in [-0.3, -0.25) is 9.78 Å². The van der Waals surface area contributed by atoms with E-state index < -0.39 is 0 Å². The number of rotatable bonds is 8. The second kappa shape index (κ2) is 9.95. The van der Waals surface area contributed by atoms with Crippen molar-refractivity contribution in [2.45, 2.75) is 38.1 Å². The van der Waals surface area contributed by atoms with E-state index in [0.29, 0.717) is 30.6 Å². The molecule has 0 spiro atoms. The molecule has 0 atom stereocenters. The number of amides is 1. The lowest BCUT2D eigenvalue weighted by molar-refractivity contribution is -0.132. The third kappa shape index (κ3) is 5.31. The Morgan fingerprint density at radius 2 is 2.13 bits per heavy atom. The second-order valence-corrected chi connectivity index (χ2v) is 8.45. The van der Waals surface area contributed by atoms with Crippen LogP contribution in [0, 0.1) is 0 Å². The van der Waals surface area contributed by atoms with Crippen LogP contribution in [0.1, 0.15) is 30.8 Å². The summed E-state index contributed by atoms with van der Waals surface area (Å²) in [6.07, 6.45) is 5.70. The number of carbonyl (C=O) groups excluding carboxylic acids is 1. The van der Waals surface area contributed by atoms with Gasteiger partial charge < -0.3 is 14.3 Å². The average Bonchev–Trinajstić information content (AvgIpc) is 3.48. The molecule has 0 aliphatic carbocycles. The van der Waals surface area contributed by atoms with E-state index in [0.717, 1.165) is 50.2 Å². The minimum absolute atomic E-state index is 0.136. The molecule has 1 aliphatic heterocycles. The van der Waals surface area contributed by atoms with Gasteiger partial charge in [-0.2, -0.15) is 16.3 Å². The fraction of sp³-hybridized carbons (Fsp3) is 0.455. The molecule has 7 nitrogen and oxygen atoms in total. The van der Waals surface area contributed by atoms with E-state index in [1.54, 1.807) is 11.3 Å². The highest BCUT2D eigenvalue weighted by atomic mass is 32.1. The van der Waals surface area contributed by atoms with Crippen LogP contribution in [0.15, 0.2) is 45.7 Å². The number of nitrogens with zero attached hydrogens (tertiary/aromatic N) is 5. The first kappa shape index (κ1) is 20.7. The number of likely N-dealkylation sites (tertiary alicyclic amines) is 1. The van der Waals surface area contributed by atoms with Crippen LogP contribution in [-0.4, -0.2) is 63.6 Å². The highest BCUT2D eigenvalue weighted by Crippen LogP contribution is 2.20. The number of aromatic nitrogens is 3. The van der Waals surface area contributed by atoms with Crippen LogP contribution in [0.2, 0.25) is 0 Å². The summed E-state index contributed by atoms with van der Waals surface area (Å²) in [4.78, 5) is 25.8. The van der Waals surface area contributed by atoms with Crippen LogP contribution in [0.5, 0.6) is 0 Å². The second-order valence-electron chi connectivity index (χ2n) is 7.67. The molecular weight excluding hydrogens is 398 g/mol. The highest BCUT2D eigenvalue weighted by Gasteiger charge is 2.25. The molecule has 0 radical (unpaired) electrons. The molecule has 0 aromatic carbocycles. The zero-order chi connectivity index (χ0) is 20.8. The van der Waals surface area contributed by atoms with Gasteiger partial charge in [-0.1, -0.05) is 11.2 Å². The Morgan fingerprint density at radius 1 is 1.27 bits per heavy atom. The maximum atomic E-state index is 12.7. The average molecular weight is 426 g/mol. The number of aryl methyl sites for hydroxylation is 1. The summed E-state index contributed by atoms with van der Waals surface area (Å²) in [7, 11) is 1.92. The number of carbonyl (C=O) groups is 1. The maximum absolute atomic E-state index is 12.7. The van der Waals surface area contributed by atoms with Crippen molar-refractivity contribution in [1.82, 2.24) is 24.9 Å². The molecule has 3 aromatic heterocycles. The third-order valence-electron chi connectivity index (χ3n) is 5.71. The quantitative estimate of drug-likeness (QED) is 0.551. The first-order valence-corrected chi connectivity index (χ1v) is 11.4. The standard InChI is InChI=1S/C22H27N5O2S/c1-26(19-8-13-27(14-9-19)12-7-18-4-2-3-11-23-18)21(28)6-5-20-24-22(25-29-20)17-10-15-30-16-17/h2-4,10-11,15-16,19H,5-9,12-14H2,1H3. The fourth-order valence-corrected chi connectivity index (χ4v) is 4.44. The zero-order valence-corrected chi connectivity index (χ0v) is 18.1. The predicted molar refractivity (Wildman–Crippen MR) is 116 cm³/mol. The summed E-state index contributed by atoms with van der Waals surface area (Å²) in [5, 5.41) is 7.97. The smallest absolute Gasteiger partial charge is 0.227 e. The number of piperidine rings is 1. The van der Waals surface area contributed by atoms with E-state index in [4.69, 9.17) is 4.52 Å². The highest BCUT2D eigenvalue weighted by molar-refractivity contribution is 7.08. The lowest BCUT2D eigenvalue weighted by Gasteiger charge is -2.36. The molecular formula is C22H27N5O2S. The van der Waals surface area contributed by atoms with Crippen LogP contribution >= 0.6 is 11.3 Å². The van der Waals surface area contributed by atoms with Crippen molar-refractivity contribution in [1.29, 1.82) is 0 Å². The largest absolute Gasteiger partial charge is 0.343 e. The van der Waals surface area contributed by atoms with Crippen molar-refractivity contribution in [3.8, 4) is 11.4 Å². The molecule has 0 saturated carbocycles. The molecule has 0 unspecified atom stereocenters. The first-order valence-electron chi connectivity index (χ1n) is 10.4. The summed E-state index contributed by atoms with van der Waals surface area (Å²) in [6.45, 7) is 3.05. The Kier molecular flexibility index (Phi) is 6.86. The van der Waals surface area contributed by atoms with E-state index in [9.17, 15) is 4.79 Å². The van der Waals surface area contributed by atoms with Crippen molar-refractivity contribution < 1.29 is 9.32 Å². The topological polar surface area (TPSA) is 75.4 Å². The molecule has 4 rings (SSSR count). The minimum atomic E-state index is 0.136. The zero-order valence-electron chi connectivity index (χ0n) is 17.2. The number of thiophene rings is 1. The molecule has 4 heterocycles. The lowest BCUT2D eigenvalue weighted by atomic mass is 10.0. The lowest BCUT2D eigenvalue weighted by Crippen LogP contribution is -2.46. The monoisotopic (exact) mass is 425 g/mol. The van der Waals surface area contributed by atoms with Gasteiger partial charge in [0, 0.05) is 74.8 Å². The van der Waals surface area contributed by atoms with Gasteiger partial charge in [0.2, 0.25) is 17.6 Å². The van der Waals surface area contributed by atoms with Gasteiger partial charge >= 0.3 is 0 Å². The van der Waals surface area contributed by atoms with Crippen molar-refractivity contribution in [3.05, 3.63) is 52.8 Å². The number of hydrogen-bond acceptors (Lipinski definition) is 7. The molecule has 3 aromatic rings. The SMILES string of the molecule is CN(C(=O)CCc1nc(-c2ccsc2)no1)C1CCN(CCc2ccccn2)CC1. The number of hydrogen-bond donors (Lipinski definition) is 0. The van der Waals surface area contributed by atoms with Crippen LogP contribution < -0.4 is 0 Å². The molecule has 30 heavy (non-hydrogen) atoms. The Morgan fingerprint density at radius 3 is 2.87 bits per heavy atom. The Labute approximate surface area is 180 Å².